The van der Waals surface area contributed by atoms with Crippen LogP contribution in [-0.4, -0.2) is 38.0 Å². The number of hydrogen-bond acceptors (Lipinski definition) is 6. The van der Waals surface area contributed by atoms with Gasteiger partial charge in [-0.1, -0.05) is 12.1 Å². The predicted octanol–water partition coefficient (Wildman–Crippen LogP) is 2.90. The van der Waals surface area contributed by atoms with Crippen LogP contribution in [0.3, 0.4) is 0 Å². The number of aromatic amines is 1. The van der Waals surface area contributed by atoms with Gasteiger partial charge in [0.1, 0.15) is 11.3 Å². The average molecular weight is 415 g/mol. The minimum atomic E-state index is -5.25. The number of amides is 1. The van der Waals surface area contributed by atoms with Crippen LogP contribution in [-0.2, 0) is 11.3 Å². The molecule has 8 nitrogen and oxygen atoms in total. The third-order valence-corrected chi connectivity index (χ3v) is 4.10. The quantitative estimate of drug-likeness (QED) is 0.496. The second-order valence-corrected chi connectivity index (χ2v) is 6.15. The Labute approximate surface area is 166 Å². The molecular formula is C19H12F3N5O3. The number of alkyl halides is 3. The lowest BCUT2D eigenvalue weighted by molar-refractivity contribution is -0.189. The number of H-pyrrole nitrogens is 1. The van der Waals surface area contributed by atoms with E-state index in [0.29, 0.717) is 16.7 Å². The number of imidazole rings is 1. The van der Waals surface area contributed by atoms with Crippen molar-refractivity contribution in [2.24, 2.45) is 0 Å². The summed E-state index contributed by atoms with van der Waals surface area (Å²) in [6.45, 7) is -0.0535. The number of fused-ring (bicyclic) bond motifs is 2. The summed E-state index contributed by atoms with van der Waals surface area (Å²) in [7, 11) is 0. The average Bonchev–Trinajstić information content (AvgIpc) is 3.14. The number of ether oxygens (including phenoxy) is 1. The molecule has 0 bridgehead atoms. The number of para-hydroxylation sites is 2. The van der Waals surface area contributed by atoms with Crippen molar-refractivity contribution in [2.75, 3.05) is 0 Å². The molecular weight excluding hydrogens is 403 g/mol. The lowest BCUT2D eigenvalue weighted by atomic mass is 10.2. The van der Waals surface area contributed by atoms with Crippen molar-refractivity contribution in [3.8, 4) is 5.75 Å². The zero-order valence-corrected chi connectivity index (χ0v) is 15.0. The normalized spacial score (nSPS) is 11.6. The highest BCUT2D eigenvalue weighted by Gasteiger charge is 2.42. The summed E-state index contributed by atoms with van der Waals surface area (Å²) < 4.78 is 42.6. The van der Waals surface area contributed by atoms with Gasteiger partial charge in [-0.25, -0.2) is 14.8 Å². The van der Waals surface area contributed by atoms with Gasteiger partial charge in [0.2, 0.25) is 0 Å². The molecule has 0 fully saturated rings. The minimum absolute atomic E-state index is 0.0535. The molecule has 3 aromatic heterocycles. The molecule has 0 aliphatic rings. The molecule has 0 aliphatic heterocycles. The van der Waals surface area contributed by atoms with E-state index in [1.54, 1.807) is 18.2 Å². The Morgan fingerprint density at radius 2 is 1.90 bits per heavy atom. The number of nitrogens with zero attached hydrogens (tertiary/aromatic N) is 3. The molecule has 11 heteroatoms. The molecule has 30 heavy (non-hydrogen) atoms. The van der Waals surface area contributed by atoms with Crippen LogP contribution < -0.4 is 10.1 Å². The fourth-order valence-corrected chi connectivity index (χ4v) is 2.76. The second kappa shape index (κ2) is 7.43. The van der Waals surface area contributed by atoms with E-state index in [4.69, 9.17) is 0 Å². The van der Waals surface area contributed by atoms with Gasteiger partial charge in [-0.3, -0.25) is 9.78 Å². The fourth-order valence-electron chi connectivity index (χ4n) is 2.76. The van der Waals surface area contributed by atoms with E-state index in [1.807, 2.05) is 6.07 Å². The first-order valence-electron chi connectivity index (χ1n) is 8.57. The van der Waals surface area contributed by atoms with Gasteiger partial charge in [-0.15, -0.1) is 0 Å². The molecule has 0 unspecified atom stereocenters. The van der Waals surface area contributed by atoms with E-state index in [0.717, 1.165) is 5.52 Å². The Bertz CT molecular complexity index is 1240. The van der Waals surface area contributed by atoms with E-state index >= 15 is 0 Å². The van der Waals surface area contributed by atoms with Gasteiger partial charge in [-0.05, 0) is 24.3 Å². The van der Waals surface area contributed by atoms with Crippen molar-refractivity contribution in [3.63, 3.8) is 0 Å². The third kappa shape index (κ3) is 3.77. The van der Waals surface area contributed by atoms with Gasteiger partial charge < -0.3 is 15.0 Å². The molecule has 0 aliphatic carbocycles. The highest BCUT2D eigenvalue weighted by molar-refractivity contribution is 6.01. The number of benzene rings is 1. The van der Waals surface area contributed by atoms with Crippen molar-refractivity contribution in [1.82, 2.24) is 25.3 Å². The van der Waals surface area contributed by atoms with Crippen LogP contribution in [0.5, 0.6) is 5.75 Å². The fraction of sp³-hybridized carbons (Fsp3) is 0.105. The summed E-state index contributed by atoms with van der Waals surface area (Å²) in [6.07, 6.45) is -2.70. The summed E-state index contributed by atoms with van der Waals surface area (Å²) in [5.74, 6) is -3.57. The molecule has 1 amide bonds. The topological polar surface area (TPSA) is 110 Å². The number of carbonyl (C=O) groups is 2. The lowest BCUT2D eigenvalue weighted by Gasteiger charge is -2.12. The first-order chi connectivity index (χ1) is 14.3. The van der Waals surface area contributed by atoms with Crippen LogP contribution in [0.25, 0.3) is 21.9 Å². The highest BCUT2D eigenvalue weighted by atomic mass is 19.4. The van der Waals surface area contributed by atoms with Crippen LogP contribution >= 0.6 is 0 Å². The van der Waals surface area contributed by atoms with Crippen LogP contribution in [0.15, 0.2) is 48.8 Å². The summed E-state index contributed by atoms with van der Waals surface area (Å²) in [5, 5.41) is 2.80. The van der Waals surface area contributed by atoms with Gasteiger partial charge in [0.25, 0.3) is 5.91 Å². The Morgan fingerprint density at radius 3 is 2.67 bits per heavy atom. The molecule has 4 rings (SSSR count). The summed E-state index contributed by atoms with van der Waals surface area (Å²) >= 11 is 0. The van der Waals surface area contributed by atoms with Crippen molar-refractivity contribution in [3.05, 3.63) is 60.3 Å². The number of rotatable bonds is 4. The van der Waals surface area contributed by atoms with Gasteiger partial charge >= 0.3 is 12.1 Å². The predicted molar refractivity (Wildman–Crippen MR) is 98.5 cm³/mol. The number of nitrogens with one attached hydrogen (secondary N) is 2. The lowest BCUT2D eigenvalue weighted by Crippen LogP contribution is -2.30. The minimum Gasteiger partial charge on any atom is -0.415 e. The number of carbonyl (C=O) groups excluding carboxylic acids is 2. The van der Waals surface area contributed by atoms with Crippen molar-refractivity contribution >= 4 is 33.8 Å². The van der Waals surface area contributed by atoms with Crippen LogP contribution in [0.4, 0.5) is 13.2 Å². The highest BCUT2D eigenvalue weighted by Crippen LogP contribution is 2.29. The first-order valence-corrected chi connectivity index (χ1v) is 8.57. The number of esters is 1. The second-order valence-electron chi connectivity index (χ2n) is 6.15. The van der Waals surface area contributed by atoms with E-state index in [9.17, 15) is 22.8 Å². The molecule has 1 aromatic carbocycles. The van der Waals surface area contributed by atoms with Crippen molar-refractivity contribution in [2.45, 2.75) is 12.7 Å². The summed E-state index contributed by atoms with van der Waals surface area (Å²) in [4.78, 5) is 39.1. The smallest absolute Gasteiger partial charge is 0.415 e. The molecule has 2 N–H and O–H groups in total. The van der Waals surface area contributed by atoms with Gasteiger partial charge in [0.15, 0.2) is 11.4 Å². The van der Waals surface area contributed by atoms with Crippen molar-refractivity contribution in [1.29, 1.82) is 0 Å². The Kier molecular flexibility index (Phi) is 4.78. The SMILES string of the molecule is O=C(NCc1nc2ccccc2[nH]1)c1ncc2cccnc2c1OC(=O)C(F)(F)F. The molecule has 0 atom stereocenters. The number of pyridine rings is 2. The maximum atomic E-state index is 12.7. The molecule has 0 radical (unpaired) electrons. The largest absolute Gasteiger partial charge is 0.491 e. The van der Waals surface area contributed by atoms with Gasteiger partial charge in [0, 0.05) is 17.8 Å². The number of hydrogen-bond donors (Lipinski definition) is 2. The first kappa shape index (κ1) is 19.3. The monoisotopic (exact) mass is 415 g/mol. The van der Waals surface area contributed by atoms with Gasteiger partial charge in [0.05, 0.1) is 17.6 Å². The molecule has 0 saturated heterocycles. The van der Waals surface area contributed by atoms with Crippen LogP contribution in [0.2, 0.25) is 0 Å². The van der Waals surface area contributed by atoms with Crippen LogP contribution in [0, 0.1) is 0 Å². The maximum Gasteiger partial charge on any atom is 0.491 e. The maximum absolute atomic E-state index is 12.7. The molecule has 3 heterocycles. The zero-order chi connectivity index (χ0) is 21.3. The van der Waals surface area contributed by atoms with E-state index in [2.05, 4.69) is 30.0 Å². The molecule has 0 spiro atoms. The Balaban J connectivity index is 1.64. The van der Waals surface area contributed by atoms with E-state index in [1.165, 1.54) is 24.5 Å². The molecule has 152 valence electrons. The summed E-state index contributed by atoms with van der Waals surface area (Å²) in [5.41, 5.74) is 0.845. The number of halogens is 3. The molecule has 4 aromatic rings. The molecule has 0 saturated carbocycles. The number of aromatic nitrogens is 4. The van der Waals surface area contributed by atoms with E-state index < -0.39 is 29.5 Å². The van der Waals surface area contributed by atoms with Crippen molar-refractivity contribution < 1.29 is 27.5 Å². The standard InChI is InChI=1S/C19H12F3N5O3/c20-19(21,22)18(29)30-16-14-10(4-3-7-23-14)8-24-15(16)17(28)25-9-13-26-11-5-1-2-6-12(11)27-13/h1-8H,9H2,(H,25,28)(H,26,27). The summed E-state index contributed by atoms with van der Waals surface area (Å²) in [6, 6.07) is 10.2. The van der Waals surface area contributed by atoms with E-state index in [-0.39, 0.29) is 12.1 Å². The Morgan fingerprint density at radius 1 is 1.10 bits per heavy atom. The third-order valence-electron chi connectivity index (χ3n) is 4.10. The van der Waals surface area contributed by atoms with Crippen LogP contribution in [0.1, 0.15) is 16.3 Å². The Hall–Kier alpha value is -4.02. The zero-order valence-electron chi connectivity index (χ0n) is 15.0. The van der Waals surface area contributed by atoms with Gasteiger partial charge in [-0.2, -0.15) is 13.2 Å².